The predicted octanol–water partition coefficient (Wildman–Crippen LogP) is 5.76. The van der Waals surface area contributed by atoms with E-state index >= 15 is 0 Å². The summed E-state index contributed by atoms with van der Waals surface area (Å²) in [5, 5.41) is 0. The van der Waals surface area contributed by atoms with Crippen molar-refractivity contribution in [1.29, 1.82) is 0 Å². The molecule has 112 valence electrons. The third-order valence-corrected chi connectivity index (χ3v) is 4.61. The first-order valence-corrected chi connectivity index (χ1v) is 8.45. The number of Topliss-reactive ketones (excluding diaryl/α,β-unsaturated/α-hetero) is 1. The summed E-state index contributed by atoms with van der Waals surface area (Å²) in [5.41, 5.74) is 3.78. The van der Waals surface area contributed by atoms with Crippen LogP contribution >= 0.6 is 22.6 Å². The van der Waals surface area contributed by atoms with E-state index in [1.54, 1.807) is 0 Å². The second-order valence-corrected chi connectivity index (χ2v) is 6.19. The van der Waals surface area contributed by atoms with E-state index in [0.29, 0.717) is 5.56 Å². The first-order valence-electron chi connectivity index (χ1n) is 7.38. The van der Waals surface area contributed by atoms with Gasteiger partial charge in [0.15, 0.2) is 5.78 Å². The summed E-state index contributed by atoms with van der Waals surface area (Å²) in [4.78, 5) is 12.9. The third-order valence-electron chi connectivity index (χ3n) is 3.58. The second kappa shape index (κ2) is 7.38. The van der Waals surface area contributed by atoms with E-state index < -0.39 is 0 Å². The van der Waals surface area contributed by atoms with Crippen LogP contribution in [0.5, 0.6) is 0 Å². The van der Waals surface area contributed by atoms with Crippen LogP contribution in [0.1, 0.15) is 21.5 Å². The Morgan fingerprint density at radius 1 is 0.565 bits per heavy atom. The van der Waals surface area contributed by atoms with Gasteiger partial charge < -0.3 is 0 Å². The van der Waals surface area contributed by atoms with Gasteiger partial charge in [0.1, 0.15) is 0 Å². The number of allylic oxidation sites excluding steroid dienone is 1. The quantitative estimate of drug-likeness (QED) is 0.304. The van der Waals surface area contributed by atoms with Crippen LogP contribution in [0, 0.1) is 0 Å². The molecule has 0 aliphatic rings. The molecule has 3 aromatic carbocycles. The van der Waals surface area contributed by atoms with E-state index in [0.717, 1.165) is 20.3 Å². The first kappa shape index (κ1) is 15.7. The minimum absolute atomic E-state index is 0.0499. The van der Waals surface area contributed by atoms with E-state index in [2.05, 4.69) is 22.6 Å². The summed E-state index contributed by atoms with van der Waals surface area (Å²) >= 11 is 2.17. The molecule has 0 aliphatic heterocycles. The largest absolute Gasteiger partial charge is 0.288 e. The number of rotatable bonds is 4. The Balaban J connectivity index is 2.16. The monoisotopic (exact) mass is 410 g/mol. The molecule has 0 spiro atoms. The van der Waals surface area contributed by atoms with Crippen molar-refractivity contribution in [2.45, 2.75) is 0 Å². The Hall–Kier alpha value is -2.20. The average molecular weight is 410 g/mol. The minimum atomic E-state index is 0.0499. The smallest absolute Gasteiger partial charge is 0.199 e. The molecule has 0 unspecified atom stereocenters. The van der Waals surface area contributed by atoms with Crippen LogP contribution in [0.3, 0.4) is 0 Å². The van der Waals surface area contributed by atoms with Crippen molar-refractivity contribution in [3.05, 3.63) is 111 Å². The highest BCUT2D eigenvalue weighted by Gasteiger charge is 2.17. The lowest BCUT2D eigenvalue weighted by molar-refractivity contribution is 0.104. The molecule has 0 aromatic heterocycles. The van der Waals surface area contributed by atoms with E-state index in [1.165, 1.54) is 0 Å². The molecular weight excluding hydrogens is 395 g/mol. The maximum Gasteiger partial charge on any atom is 0.199 e. The van der Waals surface area contributed by atoms with Gasteiger partial charge in [0.2, 0.25) is 0 Å². The molecule has 0 amide bonds. The Kier molecular flexibility index (Phi) is 5.03. The number of halogens is 1. The van der Waals surface area contributed by atoms with Gasteiger partial charge in [0.05, 0.1) is 3.58 Å². The summed E-state index contributed by atoms with van der Waals surface area (Å²) in [7, 11) is 0. The van der Waals surface area contributed by atoms with Crippen molar-refractivity contribution in [2.24, 2.45) is 0 Å². The van der Waals surface area contributed by atoms with E-state index in [9.17, 15) is 4.79 Å². The lowest BCUT2D eigenvalue weighted by atomic mass is 9.95. The van der Waals surface area contributed by atoms with Crippen LogP contribution in [0.25, 0.3) is 5.57 Å². The number of carbonyl (C=O) groups is 1. The Morgan fingerprint density at radius 2 is 0.913 bits per heavy atom. The number of benzene rings is 3. The van der Waals surface area contributed by atoms with E-state index in [1.807, 2.05) is 91.0 Å². The van der Waals surface area contributed by atoms with Crippen molar-refractivity contribution in [3.63, 3.8) is 0 Å². The molecule has 0 saturated carbocycles. The van der Waals surface area contributed by atoms with Gasteiger partial charge in [-0.05, 0) is 33.7 Å². The van der Waals surface area contributed by atoms with Crippen LogP contribution in [0.4, 0.5) is 0 Å². The Labute approximate surface area is 149 Å². The fraction of sp³-hybridized carbons (Fsp3) is 0. The van der Waals surface area contributed by atoms with Crippen LogP contribution in [0.15, 0.2) is 94.6 Å². The molecule has 23 heavy (non-hydrogen) atoms. The van der Waals surface area contributed by atoms with Gasteiger partial charge in [0, 0.05) is 11.1 Å². The zero-order valence-corrected chi connectivity index (χ0v) is 14.6. The molecule has 0 N–H and O–H groups in total. The highest BCUT2D eigenvalue weighted by molar-refractivity contribution is 14.1. The topological polar surface area (TPSA) is 17.1 Å². The van der Waals surface area contributed by atoms with Gasteiger partial charge in [-0.15, -0.1) is 0 Å². The van der Waals surface area contributed by atoms with Crippen LogP contribution in [0.2, 0.25) is 0 Å². The molecule has 2 heteroatoms. The normalized spacial score (nSPS) is 10.1. The Bertz CT molecular complexity index is 780. The maximum atomic E-state index is 12.9. The summed E-state index contributed by atoms with van der Waals surface area (Å²) < 4.78 is 0.728. The van der Waals surface area contributed by atoms with E-state index in [4.69, 9.17) is 0 Å². The average Bonchev–Trinajstić information content (AvgIpc) is 2.64. The zero-order valence-electron chi connectivity index (χ0n) is 12.4. The first-order chi connectivity index (χ1) is 11.3. The number of carbonyl (C=O) groups excluding carboxylic acids is 1. The van der Waals surface area contributed by atoms with Gasteiger partial charge in [-0.25, -0.2) is 0 Å². The van der Waals surface area contributed by atoms with E-state index in [-0.39, 0.29) is 5.78 Å². The molecule has 0 radical (unpaired) electrons. The van der Waals surface area contributed by atoms with Crippen LogP contribution < -0.4 is 0 Å². The summed E-state index contributed by atoms with van der Waals surface area (Å²) in [6.07, 6.45) is 0. The van der Waals surface area contributed by atoms with Gasteiger partial charge in [0.25, 0.3) is 0 Å². The standard InChI is InChI=1S/C21H15IO/c22-20(21(23)18-14-8-3-9-15-18)19(16-10-4-1-5-11-16)17-12-6-2-7-13-17/h1-15H. The van der Waals surface area contributed by atoms with Crippen molar-refractivity contribution >= 4 is 33.9 Å². The SMILES string of the molecule is O=C(C(I)=C(c1ccccc1)c1ccccc1)c1ccccc1. The molecule has 0 fully saturated rings. The fourth-order valence-corrected chi connectivity index (χ4v) is 3.39. The van der Waals surface area contributed by atoms with Gasteiger partial charge in [-0.3, -0.25) is 4.79 Å². The lowest BCUT2D eigenvalue weighted by Gasteiger charge is -2.12. The molecule has 0 saturated heterocycles. The second-order valence-electron chi connectivity index (χ2n) is 5.12. The highest BCUT2D eigenvalue weighted by atomic mass is 127. The molecule has 0 atom stereocenters. The predicted molar refractivity (Wildman–Crippen MR) is 104 cm³/mol. The summed E-state index contributed by atoms with van der Waals surface area (Å²) in [6, 6.07) is 29.5. The molecule has 3 aromatic rings. The molecular formula is C21H15IO. The molecule has 0 aliphatic carbocycles. The van der Waals surface area contributed by atoms with Crippen molar-refractivity contribution in [2.75, 3.05) is 0 Å². The molecule has 3 rings (SSSR count). The zero-order chi connectivity index (χ0) is 16.1. The number of ketones is 1. The fourth-order valence-electron chi connectivity index (χ4n) is 2.46. The summed E-state index contributed by atoms with van der Waals surface area (Å²) in [6.45, 7) is 0. The lowest BCUT2D eigenvalue weighted by Crippen LogP contribution is -2.02. The van der Waals surface area contributed by atoms with Crippen molar-refractivity contribution in [3.8, 4) is 0 Å². The molecule has 0 heterocycles. The van der Waals surface area contributed by atoms with Crippen molar-refractivity contribution < 1.29 is 4.79 Å². The van der Waals surface area contributed by atoms with Gasteiger partial charge in [-0.1, -0.05) is 91.0 Å². The number of hydrogen-bond acceptors (Lipinski definition) is 1. The van der Waals surface area contributed by atoms with Gasteiger partial charge in [-0.2, -0.15) is 0 Å². The van der Waals surface area contributed by atoms with Crippen molar-refractivity contribution in [1.82, 2.24) is 0 Å². The van der Waals surface area contributed by atoms with Crippen LogP contribution in [-0.4, -0.2) is 5.78 Å². The highest BCUT2D eigenvalue weighted by Crippen LogP contribution is 2.32. The van der Waals surface area contributed by atoms with Gasteiger partial charge >= 0.3 is 0 Å². The Morgan fingerprint density at radius 3 is 1.30 bits per heavy atom. The minimum Gasteiger partial charge on any atom is -0.288 e. The summed E-state index contributed by atoms with van der Waals surface area (Å²) in [5.74, 6) is 0.0499. The van der Waals surface area contributed by atoms with Crippen LogP contribution in [-0.2, 0) is 0 Å². The molecule has 1 nitrogen and oxygen atoms in total. The maximum absolute atomic E-state index is 12.9. The molecule has 0 bridgehead atoms. The number of hydrogen-bond donors (Lipinski definition) is 0. The third kappa shape index (κ3) is 3.59.